The normalized spacial score (nSPS) is 19.9. The van der Waals surface area contributed by atoms with Crippen LogP contribution in [0.15, 0.2) is 39.8 Å². The summed E-state index contributed by atoms with van der Waals surface area (Å²) in [5.41, 5.74) is 6.36. The number of piperidine rings is 1. The molecule has 1 amide bonds. The number of nitrogens with two attached hydrogens (primary N) is 1. The lowest BCUT2D eigenvalue weighted by Gasteiger charge is -2.32. The molecule has 0 unspecified atom stereocenters. The van der Waals surface area contributed by atoms with Crippen LogP contribution in [0.25, 0.3) is 0 Å². The molecule has 4 rings (SSSR count). The number of rotatable bonds is 4. The monoisotopic (exact) mass is 432 g/mol. The summed E-state index contributed by atoms with van der Waals surface area (Å²) in [4.78, 5) is 31.4. The maximum Gasteiger partial charge on any atom is 0.344 e. The molecule has 0 aliphatic carbocycles. The summed E-state index contributed by atoms with van der Waals surface area (Å²) in [5.74, 6) is 0.161. The molecule has 1 aromatic heterocycles. The van der Waals surface area contributed by atoms with Gasteiger partial charge in [0.05, 0.1) is 23.4 Å². The number of hydrogen-bond acceptors (Lipinski definition) is 7. The van der Waals surface area contributed by atoms with Gasteiger partial charge in [-0.15, -0.1) is 4.40 Å². The van der Waals surface area contributed by atoms with Crippen molar-refractivity contribution in [1.82, 2.24) is 14.9 Å². The minimum Gasteiger partial charge on any atom is -0.492 e. The number of anilines is 1. The van der Waals surface area contributed by atoms with E-state index in [0.29, 0.717) is 42.3 Å². The summed E-state index contributed by atoms with van der Waals surface area (Å²) in [5, 5.41) is 0. The second-order valence-corrected chi connectivity index (χ2v) is 8.45. The molecular weight excluding hydrogens is 412 g/mol. The molecule has 0 bridgehead atoms. The van der Waals surface area contributed by atoms with Gasteiger partial charge in [0.1, 0.15) is 5.75 Å². The van der Waals surface area contributed by atoms with Gasteiger partial charge in [0.15, 0.2) is 5.84 Å². The van der Waals surface area contributed by atoms with E-state index < -0.39 is 15.9 Å². The van der Waals surface area contributed by atoms with Crippen LogP contribution in [-0.2, 0) is 10.2 Å². The number of fused-ring (bicyclic) bond motifs is 1. The number of aromatic nitrogens is 2. The van der Waals surface area contributed by atoms with E-state index in [1.54, 1.807) is 23.1 Å². The van der Waals surface area contributed by atoms with Crippen LogP contribution in [0.2, 0.25) is 0 Å². The van der Waals surface area contributed by atoms with Crippen molar-refractivity contribution in [2.45, 2.75) is 12.8 Å². The Morgan fingerprint density at radius 2 is 2.20 bits per heavy atom. The minimum absolute atomic E-state index is 0.0766. The molecule has 3 heterocycles. The van der Waals surface area contributed by atoms with Gasteiger partial charge in [0.2, 0.25) is 0 Å². The highest BCUT2D eigenvalue weighted by Gasteiger charge is 2.27. The lowest BCUT2D eigenvalue weighted by atomic mass is 9.98. The van der Waals surface area contributed by atoms with Crippen molar-refractivity contribution >= 4 is 27.6 Å². The summed E-state index contributed by atoms with van der Waals surface area (Å²) < 4.78 is 35.1. The van der Waals surface area contributed by atoms with Gasteiger partial charge < -0.3 is 20.4 Å². The number of carbonyl (C=O) groups excluding carboxylic acids is 1. The SMILES string of the molecule is NC1=NS(=O)(=O)Nc2cccc(OC[C@H]3CCCN(C(=O)c4cnc(=O)[nH]c4)C3)c21. The Labute approximate surface area is 172 Å². The molecule has 11 nitrogen and oxygen atoms in total. The molecule has 12 heteroatoms. The number of nitrogens with one attached hydrogen (secondary N) is 2. The third-order valence-electron chi connectivity index (χ3n) is 4.94. The molecule has 0 spiro atoms. The highest BCUT2D eigenvalue weighted by Crippen LogP contribution is 2.31. The van der Waals surface area contributed by atoms with Crippen LogP contribution in [-0.4, -0.2) is 54.7 Å². The maximum atomic E-state index is 12.7. The van der Waals surface area contributed by atoms with E-state index >= 15 is 0 Å². The number of aromatic amines is 1. The van der Waals surface area contributed by atoms with Crippen molar-refractivity contribution in [1.29, 1.82) is 0 Å². The summed E-state index contributed by atoms with van der Waals surface area (Å²) in [6, 6.07) is 4.94. The first-order chi connectivity index (χ1) is 14.3. The molecule has 1 aromatic carbocycles. The topological polar surface area (TPSA) is 160 Å². The number of likely N-dealkylation sites (tertiary alicyclic amines) is 1. The van der Waals surface area contributed by atoms with E-state index in [1.807, 2.05) is 0 Å². The molecule has 4 N–H and O–H groups in total. The standard InChI is InChI=1S/C18H20N6O5S/c19-16-15-13(22-30(27,28)23-16)4-1-5-14(15)29-10-11-3-2-6-24(9-11)17(25)12-7-20-18(26)21-8-12/h1,4-5,7-8,11,22H,2-3,6,9-10H2,(H2,19,23)(H,20,21,26)/t11-/m0/s1. The van der Waals surface area contributed by atoms with Crippen LogP contribution in [0.3, 0.4) is 0 Å². The Bertz CT molecular complexity index is 1160. The summed E-state index contributed by atoms with van der Waals surface area (Å²) in [6.07, 6.45) is 4.31. The fourth-order valence-corrected chi connectivity index (χ4v) is 4.42. The van der Waals surface area contributed by atoms with E-state index in [1.165, 1.54) is 12.4 Å². The molecule has 0 saturated carbocycles. The smallest absolute Gasteiger partial charge is 0.344 e. The second kappa shape index (κ2) is 7.78. The molecule has 2 aliphatic heterocycles. The van der Waals surface area contributed by atoms with Gasteiger partial charge in [-0.25, -0.2) is 9.78 Å². The van der Waals surface area contributed by atoms with Gasteiger partial charge in [-0.2, -0.15) is 8.42 Å². The first kappa shape index (κ1) is 19.9. The third kappa shape index (κ3) is 4.13. The van der Waals surface area contributed by atoms with Crippen LogP contribution in [0.1, 0.15) is 28.8 Å². The number of nitrogens with zero attached hydrogens (tertiary/aromatic N) is 3. The van der Waals surface area contributed by atoms with E-state index in [9.17, 15) is 18.0 Å². The number of hydrogen-bond donors (Lipinski definition) is 3. The third-order valence-corrected chi connectivity index (χ3v) is 5.85. The predicted molar refractivity (Wildman–Crippen MR) is 109 cm³/mol. The van der Waals surface area contributed by atoms with Crippen molar-refractivity contribution in [3.63, 3.8) is 0 Å². The first-order valence-electron chi connectivity index (χ1n) is 9.31. The minimum atomic E-state index is -3.86. The van der Waals surface area contributed by atoms with E-state index in [2.05, 4.69) is 19.1 Å². The van der Waals surface area contributed by atoms with Crippen LogP contribution < -0.4 is 20.9 Å². The molecule has 2 aromatic rings. The van der Waals surface area contributed by atoms with E-state index in [-0.39, 0.29) is 17.7 Å². The summed E-state index contributed by atoms with van der Waals surface area (Å²) in [7, 11) is -3.86. The Morgan fingerprint density at radius 1 is 1.37 bits per heavy atom. The van der Waals surface area contributed by atoms with Crippen LogP contribution >= 0.6 is 0 Å². The summed E-state index contributed by atoms with van der Waals surface area (Å²) >= 11 is 0. The lowest BCUT2D eigenvalue weighted by molar-refractivity contribution is 0.0632. The molecule has 30 heavy (non-hydrogen) atoms. The summed E-state index contributed by atoms with van der Waals surface area (Å²) in [6.45, 7) is 1.42. The van der Waals surface area contributed by atoms with E-state index in [4.69, 9.17) is 10.5 Å². The Kier molecular flexibility index (Phi) is 5.16. The Balaban J connectivity index is 1.44. The largest absolute Gasteiger partial charge is 0.492 e. The molecule has 2 aliphatic rings. The fraction of sp³-hybridized carbons (Fsp3) is 0.333. The number of benzene rings is 1. The number of H-pyrrole nitrogens is 1. The number of amidine groups is 1. The van der Waals surface area contributed by atoms with Gasteiger partial charge in [-0.05, 0) is 25.0 Å². The van der Waals surface area contributed by atoms with Gasteiger partial charge >= 0.3 is 15.9 Å². The molecule has 1 saturated heterocycles. The van der Waals surface area contributed by atoms with Gasteiger partial charge in [0, 0.05) is 31.4 Å². The number of carbonyl (C=O) groups is 1. The molecule has 1 fully saturated rings. The van der Waals surface area contributed by atoms with Crippen LogP contribution in [0.5, 0.6) is 5.75 Å². The van der Waals surface area contributed by atoms with Crippen molar-refractivity contribution in [2.24, 2.45) is 16.0 Å². The van der Waals surface area contributed by atoms with Crippen LogP contribution in [0, 0.1) is 5.92 Å². The van der Waals surface area contributed by atoms with Gasteiger partial charge in [-0.3, -0.25) is 9.52 Å². The fourth-order valence-electron chi connectivity index (χ4n) is 3.57. The second-order valence-electron chi connectivity index (χ2n) is 7.11. The highest BCUT2D eigenvalue weighted by molar-refractivity contribution is 7.91. The maximum absolute atomic E-state index is 12.7. The van der Waals surface area contributed by atoms with E-state index in [0.717, 1.165) is 12.8 Å². The molecule has 1 atom stereocenters. The Hall–Kier alpha value is -3.41. The number of amides is 1. The zero-order valence-corrected chi connectivity index (χ0v) is 16.7. The predicted octanol–water partition coefficient (Wildman–Crippen LogP) is 0.0767. The van der Waals surface area contributed by atoms with Crippen LogP contribution in [0.4, 0.5) is 5.69 Å². The quantitative estimate of drug-likeness (QED) is 0.616. The average Bonchev–Trinajstić information content (AvgIpc) is 2.71. The highest BCUT2D eigenvalue weighted by atomic mass is 32.2. The molecule has 158 valence electrons. The van der Waals surface area contributed by atoms with Gasteiger partial charge in [-0.1, -0.05) is 6.07 Å². The average molecular weight is 432 g/mol. The zero-order chi connectivity index (χ0) is 21.3. The number of ether oxygens (including phenoxy) is 1. The molecular formula is C18H20N6O5S. The van der Waals surface area contributed by atoms with Crippen molar-refractivity contribution in [2.75, 3.05) is 24.4 Å². The van der Waals surface area contributed by atoms with Crippen molar-refractivity contribution in [3.8, 4) is 5.75 Å². The Morgan fingerprint density at radius 3 is 2.97 bits per heavy atom. The van der Waals surface area contributed by atoms with Crippen molar-refractivity contribution < 1.29 is 17.9 Å². The van der Waals surface area contributed by atoms with Gasteiger partial charge in [0.25, 0.3) is 5.91 Å². The zero-order valence-electron chi connectivity index (χ0n) is 15.9. The lowest BCUT2D eigenvalue weighted by Crippen LogP contribution is -2.42. The van der Waals surface area contributed by atoms with Crippen molar-refractivity contribution in [3.05, 3.63) is 52.2 Å². The molecule has 0 radical (unpaired) electrons. The first-order valence-corrected chi connectivity index (χ1v) is 10.7.